The molecule has 17 heavy (non-hydrogen) atoms. The van der Waals surface area contributed by atoms with Crippen molar-refractivity contribution in [1.29, 1.82) is 0 Å². The van der Waals surface area contributed by atoms with Crippen molar-refractivity contribution in [2.75, 3.05) is 13.2 Å². The van der Waals surface area contributed by atoms with Gasteiger partial charge in [-0.05, 0) is 26.0 Å². The van der Waals surface area contributed by atoms with Gasteiger partial charge in [0.25, 0.3) is 0 Å². The maximum atomic E-state index is 11.4. The van der Waals surface area contributed by atoms with Gasteiger partial charge in [-0.3, -0.25) is 14.8 Å². The zero-order valence-corrected chi connectivity index (χ0v) is 11.5. The minimum absolute atomic E-state index is 0.275. The van der Waals surface area contributed by atoms with Crippen molar-refractivity contribution < 1.29 is 9.53 Å². The molecule has 1 aromatic heterocycles. The lowest BCUT2D eigenvalue weighted by molar-refractivity contribution is -0.145. The predicted octanol–water partition coefficient (Wildman–Crippen LogP) is 2.22. The smallest absolute Gasteiger partial charge is 0.322 e. The van der Waals surface area contributed by atoms with E-state index in [1.165, 1.54) is 0 Å². The van der Waals surface area contributed by atoms with Crippen LogP contribution in [0.5, 0.6) is 0 Å². The maximum Gasteiger partial charge on any atom is 0.322 e. The number of rotatable bonds is 5. The summed E-state index contributed by atoms with van der Waals surface area (Å²) in [6, 6.07) is 5.59. The highest BCUT2D eigenvalue weighted by molar-refractivity contribution is 9.10. The Bertz CT molecular complexity index is 385. The van der Waals surface area contributed by atoms with Crippen LogP contribution in [0.15, 0.2) is 29.4 Å². The minimum Gasteiger partial charge on any atom is -0.463 e. The number of carbonyl (C=O) groups excluding carboxylic acids is 1. The molecule has 0 radical (unpaired) electrons. The minimum atomic E-state index is -0.641. The van der Waals surface area contributed by atoms with E-state index in [2.05, 4.69) is 25.9 Å². The SMILES string of the molecule is CC(C)(Br)C(=O)OCCN=Cc1ccccn1. The van der Waals surface area contributed by atoms with Crippen LogP contribution in [-0.2, 0) is 9.53 Å². The summed E-state index contributed by atoms with van der Waals surface area (Å²) in [6.45, 7) is 4.20. The van der Waals surface area contributed by atoms with E-state index in [0.717, 1.165) is 5.69 Å². The Hall–Kier alpha value is -1.23. The summed E-state index contributed by atoms with van der Waals surface area (Å²) in [7, 11) is 0. The molecule has 0 aliphatic heterocycles. The lowest BCUT2D eigenvalue weighted by Crippen LogP contribution is -2.27. The standard InChI is InChI=1S/C12H15BrN2O2/c1-12(2,13)11(16)17-8-7-14-9-10-5-3-4-6-15-10/h3-6,9H,7-8H2,1-2H3. The number of hydrogen-bond acceptors (Lipinski definition) is 4. The first-order valence-corrected chi connectivity index (χ1v) is 6.06. The predicted molar refractivity (Wildman–Crippen MR) is 70.7 cm³/mol. The van der Waals surface area contributed by atoms with Gasteiger partial charge in [0.15, 0.2) is 0 Å². The average molecular weight is 299 g/mol. The zero-order valence-electron chi connectivity index (χ0n) is 9.89. The van der Waals surface area contributed by atoms with Crippen LogP contribution in [0.25, 0.3) is 0 Å². The van der Waals surface area contributed by atoms with Gasteiger partial charge in [-0.15, -0.1) is 0 Å². The Kier molecular flexibility index (Phi) is 5.28. The van der Waals surface area contributed by atoms with Gasteiger partial charge in [-0.25, -0.2) is 0 Å². The molecule has 0 saturated carbocycles. The molecule has 4 nitrogen and oxygen atoms in total. The number of halogens is 1. The lowest BCUT2D eigenvalue weighted by Gasteiger charge is -2.13. The third-order valence-corrected chi connectivity index (χ3v) is 2.17. The summed E-state index contributed by atoms with van der Waals surface area (Å²) >= 11 is 3.23. The average Bonchev–Trinajstić information content (AvgIpc) is 2.28. The molecule has 92 valence electrons. The van der Waals surface area contributed by atoms with Gasteiger partial charge in [0.1, 0.15) is 10.9 Å². The topological polar surface area (TPSA) is 51.5 Å². The largest absolute Gasteiger partial charge is 0.463 e. The molecule has 1 rings (SSSR count). The van der Waals surface area contributed by atoms with Crippen LogP contribution >= 0.6 is 15.9 Å². The fourth-order valence-corrected chi connectivity index (χ4v) is 1.09. The van der Waals surface area contributed by atoms with Gasteiger partial charge in [0.2, 0.25) is 0 Å². The molecule has 0 fully saturated rings. The van der Waals surface area contributed by atoms with Crippen LogP contribution in [0.1, 0.15) is 19.5 Å². The van der Waals surface area contributed by atoms with Crippen molar-refractivity contribution in [3.8, 4) is 0 Å². The molecule has 0 aliphatic rings. The fraction of sp³-hybridized carbons (Fsp3) is 0.417. The molecule has 1 heterocycles. The second-order valence-corrected chi connectivity index (χ2v) is 5.88. The molecule has 0 saturated heterocycles. The Balaban J connectivity index is 2.25. The van der Waals surface area contributed by atoms with E-state index in [4.69, 9.17) is 4.74 Å². The van der Waals surface area contributed by atoms with Crippen LogP contribution in [-0.4, -0.2) is 34.6 Å². The fourth-order valence-electron chi connectivity index (χ4n) is 0.973. The Morgan fingerprint density at radius 2 is 2.35 bits per heavy atom. The third kappa shape index (κ3) is 5.58. The summed E-state index contributed by atoms with van der Waals surface area (Å²) in [5, 5.41) is 0. The van der Waals surface area contributed by atoms with E-state index in [9.17, 15) is 4.79 Å². The maximum absolute atomic E-state index is 11.4. The van der Waals surface area contributed by atoms with Gasteiger partial charge in [-0.2, -0.15) is 0 Å². The summed E-state index contributed by atoms with van der Waals surface area (Å²) in [4.78, 5) is 19.6. The first-order valence-electron chi connectivity index (χ1n) is 5.27. The van der Waals surface area contributed by atoms with Crippen molar-refractivity contribution in [2.24, 2.45) is 4.99 Å². The Morgan fingerprint density at radius 3 is 2.94 bits per heavy atom. The molecular weight excluding hydrogens is 284 g/mol. The molecule has 5 heteroatoms. The molecule has 0 spiro atoms. The number of alkyl halides is 1. The molecule has 0 aliphatic carbocycles. The summed E-state index contributed by atoms with van der Waals surface area (Å²) in [5.74, 6) is -0.287. The summed E-state index contributed by atoms with van der Waals surface area (Å²) < 4.78 is 4.38. The summed E-state index contributed by atoms with van der Waals surface area (Å²) in [6.07, 6.45) is 3.36. The van der Waals surface area contributed by atoms with Crippen molar-refractivity contribution in [2.45, 2.75) is 18.2 Å². The van der Waals surface area contributed by atoms with E-state index in [0.29, 0.717) is 6.54 Å². The molecule has 0 atom stereocenters. The molecular formula is C12H15BrN2O2. The Labute approximate surface area is 109 Å². The Morgan fingerprint density at radius 1 is 1.59 bits per heavy atom. The number of pyridine rings is 1. The van der Waals surface area contributed by atoms with Crippen molar-refractivity contribution in [3.05, 3.63) is 30.1 Å². The number of hydrogen-bond donors (Lipinski definition) is 0. The molecule has 0 amide bonds. The quantitative estimate of drug-likeness (QED) is 0.362. The number of aliphatic imine (C=N–C) groups is 1. The third-order valence-electron chi connectivity index (χ3n) is 1.85. The zero-order chi connectivity index (χ0) is 12.7. The second-order valence-electron chi connectivity index (χ2n) is 3.90. The molecule has 0 unspecified atom stereocenters. The van der Waals surface area contributed by atoms with Crippen LogP contribution in [0.4, 0.5) is 0 Å². The van der Waals surface area contributed by atoms with Gasteiger partial charge < -0.3 is 4.74 Å². The van der Waals surface area contributed by atoms with Crippen molar-refractivity contribution in [1.82, 2.24) is 4.98 Å². The van der Waals surface area contributed by atoms with Crippen LogP contribution in [0.2, 0.25) is 0 Å². The highest BCUT2D eigenvalue weighted by atomic mass is 79.9. The molecule has 0 aromatic carbocycles. The lowest BCUT2D eigenvalue weighted by atomic mass is 10.2. The first-order chi connectivity index (χ1) is 8.00. The first kappa shape index (κ1) is 13.8. The van der Waals surface area contributed by atoms with E-state index in [1.807, 2.05) is 18.2 Å². The van der Waals surface area contributed by atoms with Gasteiger partial charge in [0, 0.05) is 12.4 Å². The van der Waals surface area contributed by atoms with Gasteiger partial charge in [-0.1, -0.05) is 22.0 Å². The number of aromatic nitrogens is 1. The van der Waals surface area contributed by atoms with Crippen LogP contribution in [0.3, 0.4) is 0 Å². The normalized spacial score (nSPS) is 11.7. The number of ether oxygens (including phenoxy) is 1. The number of nitrogens with zero attached hydrogens (tertiary/aromatic N) is 2. The van der Waals surface area contributed by atoms with E-state index >= 15 is 0 Å². The van der Waals surface area contributed by atoms with E-state index in [-0.39, 0.29) is 12.6 Å². The van der Waals surface area contributed by atoms with E-state index in [1.54, 1.807) is 26.3 Å². The number of esters is 1. The second kappa shape index (κ2) is 6.49. The van der Waals surface area contributed by atoms with Crippen molar-refractivity contribution in [3.63, 3.8) is 0 Å². The molecule has 0 N–H and O–H groups in total. The number of carbonyl (C=O) groups is 1. The van der Waals surface area contributed by atoms with E-state index < -0.39 is 4.32 Å². The van der Waals surface area contributed by atoms with Crippen LogP contribution < -0.4 is 0 Å². The van der Waals surface area contributed by atoms with Crippen molar-refractivity contribution >= 4 is 28.1 Å². The highest BCUT2D eigenvalue weighted by Crippen LogP contribution is 2.17. The highest BCUT2D eigenvalue weighted by Gasteiger charge is 2.24. The monoisotopic (exact) mass is 298 g/mol. The molecule has 0 bridgehead atoms. The van der Waals surface area contributed by atoms with Gasteiger partial charge in [0.05, 0.1) is 12.2 Å². The molecule has 1 aromatic rings. The summed E-state index contributed by atoms with van der Waals surface area (Å²) in [5.41, 5.74) is 0.791. The van der Waals surface area contributed by atoms with Crippen LogP contribution in [0, 0.1) is 0 Å². The van der Waals surface area contributed by atoms with Gasteiger partial charge >= 0.3 is 5.97 Å².